The number of allylic oxidation sites excluding steroid dienone is 1. The molecule has 0 aliphatic heterocycles. The van der Waals surface area contributed by atoms with Gasteiger partial charge in [0.15, 0.2) is 0 Å². The Morgan fingerprint density at radius 2 is 1.07 bits per heavy atom. The summed E-state index contributed by atoms with van der Waals surface area (Å²) in [4.78, 5) is 0. The third-order valence-corrected chi connectivity index (χ3v) is 4.91. The topological polar surface area (TPSA) is 0 Å². The van der Waals surface area contributed by atoms with Gasteiger partial charge in [-0.3, -0.25) is 0 Å². The van der Waals surface area contributed by atoms with Crippen LogP contribution in [0.15, 0.2) is 110 Å². The molecule has 0 saturated carbocycles. The second kappa shape index (κ2) is 14.0. The quantitative estimate of drug-likeness (QED) is 0.173. The summed E-state index contributed by atoms with van der Waals surface area (Å²) >= 11 is 0. The molecule has 0 saturated heterocycles. The highest BCUT2D eigenvalue weighted by atomic mass is 14.0. The molecule has 0 nitrogen and oxygen atoms in total. The predicted octanol–water partition coefficient (Wildman–Crippen LogP) is 9.47. The lowest BCUT2D eigenvalue weighted by Crippen LogP contribution is -1.74. The van der Waals surface area contributed by atoms with Crippen LogP contribution in [-0.2, 0) is 0 Å². The lowest BCUT2D eigenvalue weighted by Gasteiger charge is -2.00. The molecule has 0 aliphatic rings. The summed E-state index contributed by atoms with van der Waals surface area (Å²) in [5.74, 6) is 0. The van der Waals surface area contributed by atoms with E-state index in [4.69, 9.17) is 0 Å². The van der Waals surface area contributed by atoms with Gasteiger partial charge in [0.2, 0.25) is 0 Å². The van der Waals surface area contributed by atoms with Gasteiger partial charge in [-0.1, -0.05) is 124 Å². The van der Waals surface area contributed by atoms with Crippen LogP contribution < -0.4 is 0 Å². The van der Waals surface area contributed by atoms with Crippen molar-refractivity contribution < 1.29 is 0 Å². The largest absolute Gasteiger partial charge is 0.103 e. The van der Waals surface area contributed by atoms with E-state index in [2.05, 4.69) is 80.7 Å². The molecule has 0 spiro atoms. The fraction of sp³-hybridized carbons (Fsp3) is 0.200. The summed E-state index contributed by atoms with van der Waals surface area (Å²) in [5, 5.41) is 5.25. The zero-order valence-electron chi connectivity index (χ0n) is 18.3. The Labute approximate surface area is 182 Å². The van der Waals surface area contributed by atoms with E-state index in [0.29, 0.717) is 0 Å². The molecule has 0 N–H and O–H groups in total. The first-order chi connectivity index (χ1) is 14.8. The zero-order chi connectivity index (χ0) is 21.4. The molecule has 0 fully saturated rings. The lowest BCUT2D eigenvalue weighted by molar-refractivity contribution is 0.675. The number of fused-ring (bicyclic) bond motifs is 2. The Kier molecular flexibility index (Phi) is 10.8. The molecule has 0 heteroatoms. The molecule has 154 valence electrons. The molecule has 0 heterocycles. The zero-order valence-corrected chi connectivity index (χ0v) is 18.3. The van der Waals surface area contributed by atoms with E-state index >= 15 is 0 Å². The molecule has 0 bridgehead atoms. The van der Waals surface area contributed by atoms with Gasteiger partial charge >= 0.3 is 0 Å². The van der Waals surface area contributed by atoms with Crippen molar-refractivity contribution in [3.05, 3.63) is 116 Å². The molecule has 0 atom stereocenters. The summed E-state index contributed by atoms with van der Waals surface area (Å²) in [6.45, 7) is 9.52. The van der Waals surface area contributed by atoms with Crippen LogP contribution in [0, 0.1) is 0 Å². The maximum Gasteiger partial charge on any atom is -0.0178 e. The van der Waals surface area contributed by atoms with Crippen LogP contribution in [0.5, 0.6) is 0 Å². The minimum Gasteiger partial charge on any atom is -0.103 e. The van der Waals surface area contributed by atoms with Gasteiger partial charge in [-0.05, 0) is 52.1 Å². The molecule has 0 aliphatic carbocycles. The first-order valence-corrected chi connectivity index (χ1v) is 10.9. The Balaban J connectivity index is 0.000000174. The monoisotopic (exact) mass is 394 g/mol. The fourth-order valence-corrected chi connectivity index (χ4v) is 3.19. The van der Waals surface area contributed by atoms with Crippen LogP contribution in [0.3, 0.4) is 0 Å². The number of unbranched alkanes of at least 4 members (excludes halogenated alkanes) is 4. The maximum absolute atomic E-state index is 3.66. The van der Waals surface area contributed by atoms with E-state index in [1.807, 2.05) is 42.5 Å². The Morgan fingerprint density at radius 1 is 0.600 bits per heavy atom. The first-order valence-electron chi connectivity index (χ1n) is 10.9. The average molecular weight is 395 g/mol. The van der Waals surface area contributed by atoms with Gasteiger partial charge < -0.3 is 0 Å². The van der Waals surface area contributed by atoms with Gasteiger partial charge in [0, 0.05) is 0 Å². The molecule has 4 aromatic rings. The molecule has 30 heavy (non-hydrogen) atoms. The van der Waals surface area contributed by atoms with Crippen LogP contribution in [0.25, 0.3) is 27.6 Å². The Hall–Kier alpha value is -3.12. The van der Waals surface area contributed by atoms with Crippen molar-refractivity contribution in [3.8, 4) is 0 Å². The molecule has 0 radical (unpaired) electrons. The third kappa shape index (κ3) is 8.09. The van der Waals surface area contributed by atoms with E-state index in [1.54, 1.807) is 0 Å². The normalized spacial score (nSPS) is 9.77. The van der Waals surface area contributed by atoms with Crippen LogP contribution in [0.1, 0.15) is 44.6 Å². The standard InChI is InChI=1S/C14H10.C8H8.C8H16/c1-2-6-12-10-14-8-4-3-7-13(14)9-11(12)5-1;1-2-8-6-4-3-5-7-8;1-3-5-7-8-6-4-2/h1-10H;2-7H,1H2;3H,1,4-8H2,2H3. The Morgan fingerprint density at radius 3 is 1.43 bits per heavy atom. The maximum atomic E-state index is 3.66. The Bertz CT molecular complexity index is 906. The summed E-state index contributed by atoms with van der Waals surface area (Å²) in [6, 6.07) is 31.5. The second-order valence-corrected chi connectivity index (χ2v) is 7.30. The van der Waals surface area contributed by atoms with Gasteiger partial charge in [0.05, 0.1) is 0 Å². The van der Waals surface area contributed by atoms with Crippen molar-refractivity contribution in [3.63, 3.8) is 0 Å². The lowest BCUT2D eigenvalue weighted by atomic mass is 10.0. The highest BCUT2D eigenvalue weighted by Gasteiger charge is 1.95. The molecular weight excluding hydrogens is 360 g/mol. The predicted molar refractivity (Wildman–Crippen MR) is 137 cm³/mol. The number of hydrogen-bond acceptors (Lipinski definition) is 0. The van der Waals surface area contributed by atoms with Gasteiger partial charge in [-0.2, -0.15) is 0 Å². The summed E-state index contributed by atoms with van der Waals surface area (Å²) in [5.41, 5.74) is 1.17. The molecule has 0 unspecified atom stereocenters. The SMILES string of the molecule is C=CCCCCCC.C=Cc1ccccc1.c1ccc2cc3ccccc3cc2c1. The minimum atomic E-state index is 1.17. The molecular formula is C30H34. The molecule has 0 aromatic heterocycles. The van der Waals surface area contributed by atoms with Crippen molar-refractivity contribution in [2.24, 2.45) is 0 Å². The van der Waals surface area contributed by atoms with Gasteiger partial charge in [0.25, 0.3) is 0 Å². The van der Waals surface area contributed by atoms with Gasteiger partial charge in [-0.15, -0.1) is 6.58 Å². The van der Waals surface area contributed by atoms with E-state index in [-0.39, 0.29) is 0 Å². The second-order valence-electron chi connectivity index (χ2n) is 7.30. The molecule has 4 rings (SSSR count). The van der Waals surface area contributed by atoms with Crippen molar-refractivity contribution in [1.82, 2.24) is 0 Å². The first kappa shape index (κ1) is 23.2. The number of hydrogen-bond donors (Lipinski definition) is 0. The minimum absolute atomic E-state index is 1.17. The van der Waals surface area contributed by atoms with Crippen molar-refractivity contribution in [2.75, 3.05) is 0 Å². The number of rotatable bonds is 6. The van der Waals surface area contributed by atoms with Crippen LogP contribution in [0.4, 0.5) is 0 Å². The van der Waals surface area contributed by atoms with Crippen molar-refractivity contribution in [1.29, 1.82) is 0 Å². The van der Waals surface area contributed by atoms with E-state index in [1.165, 1.54) is 59.2 Å². The van der Waals surface area contributed by atoms with Gasteiger partial charge in [0.1, 0.15) is 0 Å². The van der Waals surface area contributed by atoms with Crippen molar-refractivity contribution >= 4 is 27.6 Å². The van der Waals surface area contributed by atoms with E-state index in [9.17, 15) is 0 Å². The molecule has 4 aromatic carbocycles. The third-order valence-electron chi connectivity index (χ3n) is 4.91. The highest BCUT2D eigenvalue weighted by molar-refractivity contribution is 5.98. The van der Waals surface area contributed by atoms with Crippen LogP contribution in [-0.4, -0.2) is 0 Å². The molecule has 0 amide bonds. The van der Waals surface area contributed by atoms with Crippen molar-refractivity contribution in [2.45, 2.75) is 39.0 Å². The van der Waals surface area contributed by atoms with Crippen LogP contribution >= 0.6 is 0 Å². The van der Waals surface area contributed by atoms with E-state index < -0.39 is 0 Å². The fourth-order valence-electron chi connectivity index (χ4n) is 3.19. The summed E-state index contributed by atoms with van der Waals surface area (Å²) in [7, 11) is 0. The summed E-state index contributed by atoms with van der Waals surface area (Å²) in [6.07, 6.45) is 10.4. The smallest absolute Gasteiger partial charge is 0.0178 e. The van der Waals surface area contributed by atoms with E-state index in [0.717, 1.165) is 0 Å². The average Bonchev–Trinajstić information content (AvgIpc) is 2.82. The van der Waals surface area contributed by atoms with Gasteiger partial charge in [-0.25, -0.2) is 0 Å². The van der Waals surface area contributed by atoms with Crippen LogP contribution in [0.2, 0.25) is 0 Å². The highest BCUT2D eigenvalue weighted by Crippen LogP contribution is 2.22. The summed E-state index contributed by atoms with van der Waals surface area (Å²) < 4.78 is 0. The number of benzene rings is 4.